The topological polar surface area (TPSA) is 63.4 Å². The summed E-state index contributed by atoms with van der Waals surface area (Å²) in [6.45, 7) is 2.29. The van der Waals surface area contributed by atoms with E-state index < -0.39 is 11.9 Å². The highest BCUT2D eigenvalue weighted by Gasteiger charge is 2.35. The maximum Gasteiger partial charge on any atom is 0.435 e. The molecule has 2 aliphatic rings. The minimum absolute atomic E-state index is 0.00844. The minimum atomic E-state index is -4.54. The van der Waals surface area contributed by atoms with Crippen LogP contribution in [0, 0.1) is 6.92 Å². The lowest BCUT2D eigenvalue weighted by Gasteiger charge is -2.33. The number of aromatic nitrogens is 3. The van der Waals surface area contributed by atoms with Crippen molar-refractivity contribution in [2.75, 3.05) is 20.1 Å². The van der Waals surface area contributed by atoms with Crippen molar-refractivity contribution >= 4 is 11.8 Å². The number of rotatable bonds is 5. The van der Waals surface area contributed by atoms with Crippen LogP contribution in [0.2, 0.25) is 0 Å². The van der Waals surface area contributed by atoms with Crippen LogP contribution in [0.1, 0.15) is 70.6 Å². The SMILES string of the molecule is Cc1cc(C(F)(F)F)nn1CC(=O)N1CCC(n2ccc(C(=O)N(C)[C@@H]3CCCc4ccccc43)c2)CC1. The van der Waals surface area contributed by atoms with Gasteiger partial charge in [-0.3, -0.25) is 14.3 Å². The average molecular weight is 528 g/mol. The van der Waals surface area contributed by atoms with E-state index >= 15 is 0 Å². The lowest BCUT2D eigenvalue weighted by atomic mass is 9.87. The number of carbonyl (C=O) groups is 2. The Morgan fingerprint density at radius 2 is 1.84 bits per heavy atom. The number of alkyl halides is 3. The van der Waals surface area contributed by atoms with Gasteiger partial charge in [0.1, 0.15) is 6.54 Å². The number of carbonyl (C=O) groups excluding carboxylic acids is 2. The summed E-state index contributed by atoms with van der Waals surface area (Å²) in [4.78, 5) is 29.6. The van der Waals surface area contributed by atoms with E-state index in [2.05, 4.69) is 17.2 Å². The molecule has 202 valence electrons. The number of likely N-dealkylation sites (tertiary alicyclic amines) is 1. The van der Waals surface area contributed by atoms with E-state index in [1.165, 1.54) is 18.1 Å². The fourth-order valence-corrected chi connectivity index (χ4v) is 5.69. The molecule has 0 radical (unpaired) electrons. The predicted molar refractivity (Wildman–Crippen MR) is 135 cm³/mol. The fraction of sp³-hybridized carbons (Fsp3) is 0.464. The van der Waals surface area contributed by atoms with Crippen LogP contribution in [0.25, 0.3) is 0 Å². The molecule has 7 nitrogen and oxygen atoms in total. The molecule has 38 heavy (non-hydrogen) atoms. The molecule has 0 N–H and O–H groups in total. The van der Waals surface area contributed by atoms with Crippen molar-refractivity contribution in [1.29, 1.82) is 0 Å². The molecule has 1 saturated heterocycles. The number of hydrogen-bond acceptors (Lipinski definition) is 3. The monoisotopic (exact) mass is 527 g/mol. The molecule has 0 spiro atoms. The molecule has 1 aliphatic heterocycles. The number of aryl methyl sites for hydroxylation is 2. The summed E-state index contributed by atoms with van der Waals surface area (Å²) in [5, 5.41) is 3.56. The van der Waals surface area contributed by atoms with Crippen molar-refractivity contribution in [2.24, 2.45) is 0 Å². The predicted octanol–water partition coefficient (Wildman–Crippen LogP) is 5.03. The van der Waals surface area contributed by atoms with E-state index in [0.29, 0.717) is 37.2 Å². The van der Waals surface area contributed by atoms with Gasteiger partial charge in [-0.1, -0.05) is 24.3 Å². The number of benzene rings is 1. The van der Waals surface area contributed by atoms with Gasteiger partial charge in [-0.15, -0.1) is 0 Å². The highest BCUT2D eigenvalue weighted by Crippen LogP contribution is 2.34. The summed E-state index contributed by atoms with van der Waals surface area (Å²) < 4.78 is 42.0. The first-order valence-electron chi connectivity index (χ1n) is 13.0. The van der Waals surface area contributed by atoms with E-state index in [1.54, 1.807) is 4.90 Å². The van der Waals surface area contributed by atoms with Crippen molar-refractivity contribution in [2.45, 2.75) is 63.8 Å². The van der Waals surface area contributed by atoms with Crippen LogP contribution in [-0.2, 0) is 23.9 Å². The number of hydrogen-bond donors (Lipinski definition) is 0. The van der Waals surface area contributed by atoms with Gasteiger partial charge in [0.05, 0.1) is 11.6 Å². The Balaban J connectivity index is 1.18. The van der Waals surface area contributed by atoms with Gasteiger partial charge in [0.15, 0.2) is 5.69 Å². The summed E-state index contributed by atoms with van der Waals surface area (Å²) in [6.07, 6.45) is 3.72. The Bertz CT molecular complexity index is 1320. The molecule has 2 amide bonds. The summed E-state index contributed by atoms with van der Waals surface area (Å²) >= 11 is 0. The van der Waals surface area contributed by atoms with Crippen LogP contribution >= 0.6 is 0 Å². The standard InChI is InChI=1S/C28H32F3N5O2/c1-19-16-25(28(29,30)31)32-36(19)18-26(37)34-14-11-22(12-15-34)35-13-10-21(17-35)27(38)33(2)24-9-5-7-20-6-3-4-8-23(20)24/h3-4,6,8,10,13,16-17,22,24H,5,7,9,11-12,14-15,18H2,1-2H3/t24-/m1/s1. The van der Waals surface area contributed by atoms with Crippen LogP contribution in [0.4, 0.5) is 13.2 Å². The summed E-state index contributed by atoms with van der Waals surface area (Å²) in [5.74, 6) is -0.257. The normalized spacial score (nSPS) is 18.3. The highest BCUT2D eigenvalue weighted by atomic mass is 19.4. The Labute approximate surface area is 219 Å². The smallest absolute Gasteiger partial charge is 0.350 e. The first-order valence-corrected chi connectivity index (χ1v) is 13.0. The van der Waals surface area contributed by atoms with Gasteiger partial charge >= 0.3 is 6.18 Å². The molecule has 1 aromatic carbocycles. The second kappa shape index (κ2) is 10.3. The quantitative estimate of drug-likeness (QED) is 0.468. The van der Waals surface area contributed by atoms with E-state index in [4.69, 9.17) is 0 Å². The van der Waals surface area contributed by atoms with Gasteiger partial charge < -0.3 is 14.4 Å². The molecular weight excluding hydrogens is 495 g/mol. The summed E-state index contributed by atoms with van der Waals surface area (Å²) in [7, 11) is 1.87. The zero-order chi connectivity index (χ0) is 27.0. The first-order chi connectivity index (χ1) is 18.1. The van der Waals surface area contributed by atoms with E-state index in [9.17, 15) is 22.8 Å². The second-order valence-electron chi connectivity index (χ2n) is 10.3. The van der Waals surface area contributed by atoms with Crippen LogP contribution in [0.15, 0.2) is 48.8 Å². The van der Waals surface area contributed by atoms with Crippen LogP contribution in [-0.4, -0.2) is 56.1 Å². The maximum atomic E-state index is 13.3. The Morgan fingerprint density at radius 1 is 1.11 bits per heavy atom. The number of halogens is 3. The van der Waals surface area contributed by atoms with Crippen molar-refractivity contribution in [3.8, 4) is 0 Å². The van der Waals surface area contributed by atoms with Crippen molar-refractivity contribution in [1.82, 2.24) is 24.1 Å². The summed E-state index contributed by atoms with van der Waals surface area (Å²) in [5.41, 5.74) is 2.49. The van der Waals surface area contributed by atoms with Crippen molar-refractivity contribution < 1.29 is 22.8 Å². The number of piperidine rings is 1. The molecule has 1 atom stereocenters. The Morgan fingerprint density at radius 3 is 2.55 bits per heavy atom. The molecule has 0 unspecified atom stereocenters. The first kappa shape index (κ1) is 26.1. The second-order valence-corrected chi connectivity index (χ2v) is 10.3. The third-order valence-electron chi connectivity index (χ3n) is 7.88. The molecule has 3 aromatic rings. The van der Waals surface area contributed by atoms with Crippen LogP contribution in [0.3, 0.4) is 0 Å². The van der Waals surface area contributed by atoms with Crippen LogP contribution in [0.5, 0.6) is 0 Å². The fourth-order valence-electron chi connectivity index (χ4n) is 5.69. The molecule has 1 aliphatic carbocycles. The lowest BCUT2D eigenvalue weighted by molar-refractivity contribution is -0.142. The number of fused-ring (bicyclic) bond motifs is 1. The number of amides is 2. The van der Waals surface area contributed by atoms with Gasteiger partial charge in [0, 0.05) is 44.3 Å². The molecule has 10 heteroatoms. The van der Waals surface area contributed by atoms with Gasteiger partial charge in [0.2, 0.25) is 5.91 Å². The van der Waals surface area contributed by atoms with Crippen molar-refractivity contribution in [3.63, 3.8) is 0 Å². The van der Waals surface area contributed by atoms with Gasteiger partial charge in [-0.25, -0.2) is 0 Å². The highest BCUT2D eigenvalue weighted by molar-refractivity contribution is 5.94. The minimum Gasteiger partial charge on any atom is -0.350 e. The average Bonchev–Trinajstić information content (AvgIpc) is 3.55. The number of nitrogens with zero attached hydrogens (tertiary/aromatic N) is 5. The van der Waals surface area contributed by atoms with E-state index in [0.717, 1.165) is 30.0 Å². The zero-order valence-corrected chi connectivity index (χ0v) is 21.6. The molecule has 5 rings (SSSR count). The van der Waals surface area contributed by atoms with Gasteiger partial charge in [-0.2, -0.15) is 18.3 Å². The third-order valence-corrected chi connectivity index (χ3v) is 7.88. The molecule has 3 heterocycles. The largest absolute Gasteiger partial charge is 0.435 e. The van der Waals surface area contributed by atoms with Gasteiger partial charge in [-0.05, 0) is 62.3 Å². The summed E-state index contributed by atoms with van der Waals surface area (Å²) in [6, 6.07) is 11.3. The zero-order valence-electron chi connectivity index (χ0n) is 21.6. The van der Waals surface area contributed by atoms with Gasteiger partial charge in [0.25, 0.3) is 5.91 Å². The molecule has 0 saturated carbocycles. The Kier molecular flexibility index (Phi) is 7.07. The molecule has 2 aromatic heterocycles. The van der Waals surface area contributed by atoms with E-state index in [1.807, 2.05) is 47.1 Å². The maximum absolute atomic E-state index is 13.3. The third kappa shape index (κ3) is 5.21. The Hall–Kier alpha value is -3.56. The van der Waals surface area contributed by atoms with Crippen molar-refractivity contribution in [3.05, 3.63) is 76.9 Å². The van der Waals surface area contributed by atoms with E-state index in [-0.39, 0.29) is 30.4 Å². The molecule has 0 bridgehead atoms. The lowest BCUT2D eigenvalue weighted by Crippen LogP contribution is -2.40. The molecular formula is C28H32F3N5O2. The van der Waals surface area contributed by atoms with Crippen LogP contribution < -0.4 is 0 Å². The molecule has 1 fully saturated rings.